The predicted molar refractivity (Wildman–Crippen MR) is 44.1 cm³/mol. The van der Waals surface area contributed by atoms with Gasteiger partial charge in [0.2, 0.25) is 6.33 Å². The monoisotopic (exact) mass is 226 g/mol. The number of aryl methyl sites for hydroxylation is 2. The SMILES string of the molecule is Cn1c[n+](C)c2ccccc21.[Br-]. The number of hydrogen-bond acceptors (Lipinski definition) is 0. The molecule has 1 aromatic carbocycles. The van der Waals surface area contributed by atoms with E-state index in [9.17, 15) is 0 Å². The molecule has 1 heterocycles. The molecule has 0 aliphatic rings. The molecule has 0 atom stereocenters. The molecule has 0 spiro atoms. The predicted octanol–water partition coefficient (Wildman–Crippen LogP) is -1.99. The molecular formula is C9H11BrN2. The van der Waals surface area contributed by atoms with Gasteiger partial charge < -0.3 is 17.0 Å². The largest absolute Gasteiger partial charge is 1.00 e. The minimum absolute atomic E-state index is 0. The van der Waals surface area contributed by atoms with Crippen LogP contribution in [0.4, 0.5) is 0 Å². The average molecular weight is 227 g/mol. The summed E-state index contributed by atoms with van der Waals surface area (Å²) in [7, 11) is 4.12. The molecule has 0 aliphatic heterocycles. The van der Waals surface area contributed by atoms with Crippen LogP contribution in [0.2, 0.25) is 0 Å². The van der Waals surface area contributed by atoms with Crippen molar-refractivity contribution in [3.8, 4) is 0 Å². The first-order valence-corrected chi connectivity index (χ1v) is 3.69. The van der Waals surface area contributed by atoms with Crippen LogP contribution < -0.4 is 21.5 Å². The van der Waals surface area contributed by atoms with Gasteiger partial charge >= 0.3 is 0 Å². The number of benzene rings is 1. The fourth-order valence-corrected chi connectivity index (χ4v) is 1.44. The molecule has 0 fully saturated rings. The van der Waals surface area contributed by atoms with E-state index in [1.54, 1.807) is 0 Å². The van der Waals surface area contributed by atoms with E-state index >= 15 is 0 Å². The minimum atomic E-state index is 0. The maximum atomic E-state index is 2.12. The summed E-state index contributed by atoms with van der Waals surface area (Å²) in [5, 5.41) is 0. The molecule has 64 valence electrons. The molecule has 0 N–H and O–H groups in total. The van der Waals surface area contributed by atoms with Crippen LogP contribution in [0.1, 0.15) is 0 Å². The molecule has 1 aromatic heterocycles. The molecule has 3 heteroatoms. The number of rotatable bonds is 0. The Bertz CT molecular complexity index is 356. The van der Waals surface area contributed by atoms with Crippen molar-refractivity contribution in [2.45, 2.75) is 0 Å². The summed E-state index contributed by atoms with van der Waals surface area (Å²) in [6, 6.07) is 8.36. The van der Waals surface area contributed by atoms with Crippen molar-refractivity contribution in [1.82, 2.24) is 4.57 Å². The highest BCUT2D eigenvalue weighted by Crippen LogP contribution is 2.07. The Balaban J connectivity index is 0.000000720. The van der Waals surface area contributed by atoms with Crippen LogP contribution in [0, 0.1) is 0 Å². The molecule has 2 aromatic rings. The van der Waals surface area contributed by atoms with E-state index in [0.717, 1.165) is 0 Å². The standard InChI is InChI=1S/C9H11N2.BrH/c1-10-7-11(2)9-6-4-3-5-8(9)10;/h3-7H,1-2H3;1H/q+1;/p-1. The summed E-state index contributed by atoms with van der Waals surface area (Å²) in [6.45, 7) is 0. The Morgan fingerprint density at radius 3 is 2.58 bits per heavy atom. The van der Waals surface area contributed by atoms with Crippen LogP contribution in [-0.4, -0.2) is 4.57 Å². The van der Waals surface area contributed by atoms with Gasteiger partial charge in [0.15, 0.2) is 11.0 Å². The Kier molecular flexibility index (Phi) is 2.52. The third kappa shape index (κ3) is 1.25. The molecule has 0 saturated carbocycles. The lowest BCUT2D eigenvalue weighted by Gasteiger charge is -1.84. The van der Waals surface area contributed by atoms with Crippen LogP contribution in [-0.2, 0) is 14.1 Å². The van der Waals surface area contributed by atoms with E-state index in [1.807, 2.05) is 0 Å². The molecule has 2 nitrogen and oxygen atoms in total. The van der Waals surface area contributed by atoms with Crippen molar-refractivity contribution in [1.29, 1.82) is 0 Å². The van der Waals surface area contributed by atoms with Gasteiger partial charge in [0, 0.05) is 0 Å². The van der Waals surface area contributed by atoms with Gasteiger partial charge in [0.05, 0.1) is 14.1 Å². The Morgan fingerprint density at radius 1 is 1.25 bits per heavy atom. The number of imidazole rings is 1. The van der Waals surface area contributed by atoms with Crippen LogP contribution in [0.25, 0.3) is 11.0 Å². The summed E-state index contributed by atoms with van der Waals surface area (Å²) in [5.41, 5.74) is 2.55. The third-order valence-corrected chi connectivity index (χ3v) is 1.99. The van der Waals surface area contributed by atoms with Crippen molar-refractivity contribution in [2.24, 2.45) is 14.1 Å². The van der Waals surface area contributed by atoms with Crippen LogP contribution in [0.5, 0.6) is 0 Å². The number of aromatic nitrogens is 2. The molecule has 2 rings (SSSR count). The van der Waals surface area contributed by atoms with E-state index < -0.39 is 0 Å². The van der Waals surface area contributed by atoms with E-state index in [1.165, 1.54) is 11.0 Å². The zero-order valence-electron chi connectivity index (χ0n) is 7.16. The fraction of sp³-hybridized carbons (Fsp3) is 0.222. The third-order valence-electron chi connectivity index (χ3n) is 1.99. The summed E-state index contributed by atoms with van der Waals surface area (Å²) >= 11 is 0. The van der Waals surface area contributed by atoms with Crippen LogP contribution in [0.3, 0.4) is 0 Å². The maximum absolute atomic E-state index is 2.12. The van der Waals surface area contributed by atoms with E-state index in [0.29, 0.717) is 0 Å². The number of para-hydroxylation sites is 2. The smallest absolute Gasteiger partial charge is 0.244 e. The van der Waals surface area contributed by atoms with Crippen molar-refractivity contribution in [2.75, 3.05) is 0 Å². The zero-order valence-corrected chi connectivity index (χ0v) is 8.75. The second kappa shape index (κ2) is 3.27. The van der Waals surface area contributed by atoms with E-state index in [-0.39, 0.29) is 17.0 Å². The van der Waals surface area contributed by atoms with Crippen LogP contribution in [0.15, 0.2) is 30.6 Å². The zero-order chi connectivity index (χ0) is 7.84. The normalized spacial score (nSPS) is 9.83. The van der Waals surface area contributed by atoms with Crippen LogP contribution >= 0.6 is 0 Å². The van der Waals surface area contributed by atoms with Gasteiger partial charge in [-0.05, 0) is 12.1 Å². The Labute approximate surface area is 82.2 Å². The Morgan fingerprint density at radius 2 is 1.92 bits per heavy atom. The number of halogens is 1. The number of nitrogens with zero attached hydrogens (tertiary/aromatic N) is 2. The minimum Gasteiger partial charge on any atom is -1.00 e. The van der Waals surface area contributed by atoms with Gasteiger partial charge in [0.25, 0.3) is 0 Å². The summed E-state index contributed by atoms with van der Waals surface area (Å²) in [4.78, 5) is 0. The summed E-state index contributed by atoms with van der Waals surface area (Å²) in [5.74, 6) is 0. The highest BCUT2D eigenvalue weighted by Gasteiger charge is 2.06. The lowest BCUT2D eigenvalue weighted by atomic mass is 10.3. The topological polar surface area (TPSA) is 8.81 Å². The van der Waals surface area contributed by atoms with Gasteiger partial charge in [-0.2, -0.15) is 0 Å². The molecule has 12 heavy (non-hydrogen) atoms. The first-order valence-electron chi connectivity index (χ1n) is 3.69. The first kappa shape index (κ1) is 9.26. The molecule has 0 radical (unpaired) electrons. The lowest BCUT2D eigenvalue weighted by Crippen LogP contribution is -3.00. The highest BCUT2D eigenvalue weighted by atomic mass is 79.9. The first-order chi connectivity index (χ1) is 5.29. The van der Waals surface area contributed by atoms with Crippen molar-refractivity contribution in [3.63, 3.8) is 0 Å². The van der Waals surface area contributed by atoms with Gasteiger partial charge in [0.1, 0.15) is 0 Å². The van der Waals surface area contributed by atoms with Gasteiger partial charge in [-0.1, -0.05) is 12.1 Å². The lowest BCUT2D eigenvalue weighted by molar-refractivity contribution is -0.645. The van der Waals surface area contributed by atoms with E-state index in [4.69, 9.17) is 0 Å². The molecule has 0 saturated heterocycles. The van der Waals surface area contributed by atoms with Crippen molar-refractivity contribution in [3.05, 3.63) is 30.6 Å². The molecule has 0 unspecified atom stereocenters. The quantitative estimate of drug-likeness (QED) is 0.461. The van der Waals surface area contributed by atoms with E-state index in [2.05, 4.69) is 53.8 Å². The molecule has 0 amide bonds. The molecule has 0 bridgehead atoms. The average Bonchev–Trinajstić information content (AvgIpc) is 2.30. The van der Waals surface area contributed by atoms with Crippen molar-refractivity contribution < 1.29 is 21.5 Å². The molecule has 0 aliphatic carbocycles. The van der Waals surface area contributed by atoms with Crippen molar-refractivity contribution >= 4 is 11.0 Å². The van der Waals surface area contributed by atoms with Gasteiger partial charge in [-0.25, -0.2) is 9.13 Å². The summed E-state index contributed by atoms with van der Waals surface area (Å²) < 4.78 is 4.24. The number of fused-ring (bicyclic) bond motifs is 1. The van der Waals surface area contributed by atoms with Gasteiger partial charge in [-0.15, -0.1) is 0 Å². The second-order valence-electron chi connectivity index (χ2n) is 2.83. The molecular weight excluding hydrogens is 216 g/mol. The summed E-state index contributed by atoms with van der Waals surface area (Å²) in [6.07, 6.45) is 2.07. The fourth-order valence-electron chi connectivity index (χ4n) is 1.44. The van der Waals surface area contributed by atoms with Gasteiger partial charge in [-0.3, -0.25) is 0 Å². The highest BCUT2D eigenvalue weighted by molar-refractivity contribution is 5.71. The second-order valence-corrected chi connectivity index (χ2v) is 2.83. The maximum Gasteiger partial charge on any atom is 0.244 e. The Hall–Kier alpha value is -0.830. The number of hydrogen-bond donors (Lipinski definition) is 0.